The van der Waals surface area contributed by atoms with E-state index in [0.717, 1.165) is 53.9 Å². The number of fused-ring (bicyclic) bond motifs is 1. The molecule has 0 unspecified atom stereocenters. The van der Waals surface area contributed by atoms with Gasteiger partial charge in [0.25, 0.3) is 0 Å². The molecule has 1 fully saturated rings. The van der Waals surface area contributed by atoms with E-state index >= 15 is 0 Å². The van der Waals surface area contributed by atoms with E-state index in [9.17, 15) is 5.26 Å². The summed E-state index contributed by atoms with van der Waals surface area (Å²) in [5, 5.41) is 18.4. The summed E-state index contributed by atoms with van der Waals surface area (Å²) >= 11 is 1.67. The Morgan fingerprint density at radius 2 is 1.75 bits per heavy atom. The quantitative estimate of drug-likeness (QED) is 0.474. The van der Waals surface area contributed by atoms with Crippen molar-refractivity contribution < 1.29 is 0 Å². The maximum Gasteiger partial charge on any atom is 0.103 e. The molecule has 32 heavy (non-hydrogen) atoms. The van der Waals surface area contributed by atoms with Crippen LogP contribution in [0, 0.1) is 11.3 Å². The number of nitriles is 1. The van der Waals surface area contributed by atoms with Crippen molar-refractivity contribution in [3.8, 4) is 28.3 Å². The van der Waals surface area contributed by atoms with Crippen molar-refractivity contribution in [2.24, 2.45) is 7.05 Å². The number of hydrogen-bond donors (Lipinski definition) is 1. The van der Waals surface area contributed by atoms with E-state index in [1.165, 1.54) is 5.69 Å². The van der Waals surface area contributed by atoms with Gasteiger partial charge in [0, 0.05) is 80.1 Å². The molecule has 0 aliphatic carbocycles. The van der Waals surface area contributed by atoms with E-state index in [2.05, 4.69) is 60.5 Å². The maximum absolute atomic E-state index is 9.63. The monoisotopic (exact) mass is 444 g/mol. The molecule has 0 amide bonds. The summed E-state index contributed by atoms with van der Waals surface area (Å²) in [5.74, 6) is 0. The predicted octanol–water partition coefficient (Wildman–Crippen LogP) is 3.18. The van der Waals surface area contributed by atoms with Gasteiger partial charge in [-0.2, -0.15) is 15.5 Å². The summed E-state index contributed by atoms with van der Waals surface area (Å²) in [6.45, 7) is 4.02. The number of benzene rings is 1. The van der Waals surface area contributed by atoms with Crippen LogP contribution in [0.15, 0.2) is 55.1 Å². The van der Waals surface area contributed by atoms with E-state index < -0.39 is 0 Å². The highest BCUT2D eigenvalue weighted by molar-refractivity contribution is 7.95. The van der Waals surface area contributed by atoms with E-state index in [-0.39, 0.29) is 0 Å². The molecule has 0 saturated carbocycles. The van der Waals surface area contributed by atoms with Crippen molar-refractivity contribution >= 4 is 23.3 Å². The van der Waals surface area contributed by atoms with Crippen molar-refractivity contribution in [2.45, 2.75) is 0 Å². The normalized spacial score (nSPS) is 14.7. The summed E-state index contributed by atoms with van der Waals surface area (Å²) in [7, 11) is 3.86. The number of pyridine rings is 1. The molecule has 0 atom stereocenters. The molecule has 4 aromatic rings. The Morgan fingerprint density at radius 1 is 0.969 bits per heavy atom. The summed E-state index contributed by atoms with van der Waals surface area (Å²) in [6, 6.07) is 13.0. The van der Waals surface area contributed by atoms with Crippen molar-refractivity contribution in [1.29, 1.82) is 5.26 Å². The lowest BCUT2D eigenvalue weighted by Crippen LogP contribution is -2.44. The first-order valence-electron chi connectivity index (χ1n) is 10.5. The zero-order valence-electron chi connectivity index (χ0n) is 18.1. The Morgan fingerprint density at radius 3 is 2.41 bits per heavy atom. The van der Waals surface area contributed by atoms with E-state index in [1.807, 2.05) is 32.7 Å². The van der Waals surface area contributed by atoms with Crippen LogP contribution in [0.2, 0.25) is 0 Å². The van der Waals surface area contributed by atoms with Gasteiger partial charge in [-0.15, -0.1) is 0 Å². The fourth-order valence-corrected chi connectivity index (χ4v) is 4.77. The lowest BCUT2D eigenvalue weighted by atomic mass is 9.99. The third-order valence-corrected chi connectivity index (χ3v) is 6.58. The highest BCUT2D eigenvalue weighted by Gasteiger charge is 2.18. The number of hydrogen-bond acceptors (Lipinski definition) is 7. The van der Waals surface area contributed by atoms with Gasteiger partial charge < -0.3 is 4.90 Å². The third-order valence-electron chi connectivity index (χ3n) is 5.77. The van der Waals surface area contributed by atoms with Crippen LogP contribution in [-0.4, -0.2) is 56.9 Å². The molecule has 1 aliphatic heterocycles. The van der Waals surface area contributed by atoms with Crippen LogP contribution in [0.1, 0.15) is 5.56 Å². The third kappa shape index (κ3) is 3.84. The molecular formula is C23H24N8S. The lowest BCUT2D eigenvalue weighted by molar-refractivity contribution is 0.428. The summed E-state index contributed by atoms with van der Waals surface area (Å²) in [5.41, 5.74) is 6.68. The van der Waals surface area contributed by atoms with Crippen LogP contribution in [0.3, 0.4) is 0 Å². The molecular weight excluding hydrogens is 420 g/mol. The first-order chi connectivity index (χ1) is 15.7. The molecule has 5 rings (SSSR count). The molecule has 9 heteroatoms. The Balaban J connectivity index is 1.50. The van der Waals surface area contributed by atoms with E-state index in [4.69, 9.17) is 0 Å². The van der Waals surface area contributed by atoms with Gasteiger partial charge in [-0.05, 0) is 30.8 Å². The van der Waals surface area contributed by atoms with Crippen molar-refractivity contribution in [1.82, 2.24) is 28.4 Å². The lowest BCUT2D eigenvalue weighted by Gasteiger charge is -2.35. The highest BCUT2D eigenvalue weighted by atomic mass is 32.2. The highest BCUT2D eigenvalue weighted by Crippen LogP contribution is 2.33. The molecule has 162 valence electrons. The van der Waals surface area contributed by atoms with Crippen LogP contribution < -0.4 is 9.62 Å². The van der Waals surface area contributed by atoms with E-state index in [0.29, 0.717) is 5.56 Å². The van der Waals surface area contributed by atoms with Crippen LogP contribution >= 0.6 is 12.1 Å². The smallest absolute Gasteiger partial charge is 0.103 e. The molecule has 0 radical (unpaired) electrons. The first-order valence-corrected chi connectivity index (χ1v) is 11.3. The van der Waals surface area contributed by atoms with Crippen LogP contribution in [0.4, 0.5) is 5.69 Å². The minimum atomic E-state index is 0.569. The Labute approximate surface area is 191 Å². The van der Waals surface area contributed by atoms with Crippen molar-refractivity contribution in [3.63, 3.8) is 0 Å². The zero-order chi connectivity index (χ0) is 22.1. The van der Waals surface area contributed by atoms with Gasteiger partial charge >= 0.3 is 0 Å². The minimum absolute atomic E-state index is 0.569. The molecule has 4 heterocycles. The van der Waals surface area contributed by atoms with Gasteiger partial charge in [0.2, 0.25) is 0 Å². The van der Waals surface area contributed by atoms with Gasteiger partial charge in [-0.3, -0.25) is 9.40 Å². The molecule has 3 aromatic heterocycles. The van der Waals surface area contributed by atoms with Crippen LogP contribution in [0.25, 0.3) is 27.8 Å². The molecule has 1 saturated heterocycles. The van der Waals surface area contributed by atoms with Gasteiger partial charge in [-0.1, -0.05) is 12.1 Å². The van der Waals surface area contributed by atoms with Crippen molar-refractivity contribution in [3.05, 3.63) is 60.7 Å². The number of nitrogens with zero attached hydrogens (tertiary/aromatic N) is 7. The number of aromatic nitrogens is 4. The van der Waals surface area contributed by atoms with Crippen LogP contribution in [0.5, 0.6) is 0 Å². The summed E-state index contributed by atoms with van der Waals surface area (Å²) in [6.07, 6.45) is 7.40. The maximum atomic E-state index is 9.63. The zero-order valence-corrected chi connectivity index (χ0v) is 18.9. The second-order valence-electron chi connectivity index (χ2n) is 7.77. The average Bonchev–Trinajstić information content (AvgIpc) is 3.45. The van der Waals surface area contributed by atoms with Gasteiger partial charge in [0.05, 0.1) is 23.5 Å². The number of nitrogens with one attached hydrogen (secondary N) is 1. The van der Waals surface area contributed by atoms with Crippen LogP contribution in [-0.2, 0) is 7.05 Å². The molecule has 1 aliphatic rings. The van der Waals surface area contributed by atoms with Gasteiger partial charge in [0.15, 0.2) is 0 Å². The fraction of sp³-hybridized carbons (Fsp3) is 0.261. The standard InChI is InChI=1S/C23H24N8S/c1-25-32-30-9-7-29(8-10-30)21-5-3-17(4-6-21)22-11-18(20-14-26-28(2)15-20)16-31-23(22)19(12-24)13-27-31/h3-6,11,13-16,25H,7-10H2,1-2H3. The molecule has 1 aromatic carbocycles. The SMILES string of the molecule is CNSN1CCN(c2ccc(-c3cc(-c4cnn(C)c4)cn4ncc(C#N)c34)cc2)CC1. The molecule has 8 nitrogen and oxygen atoms in total. The molecule has 0 bridgehead atoms. The topological polar surface area (TPSA) is 77.4 Å². The largest absolute Gasteiger partial charge is 0.369 e. The van der Waals surface area contributed by atoms with Gasteiger partial charge in [-0.25, -0.2) is 8.82 Å². The number of rotatable bonds is 5. The van der Waals surface area contributed by atoms with E-state index in [1.54, 1.807) is 27.5 Å². The minimum Gasteiger partial charge on any atom is -0.369 e. The average molecular weight is 445 g/mol. The first kappa shape index (κ1) is 20.6. The van der Waals surface area contributed by atoms with Gasteiger partial charge in [0.1, 0.15) is 6.07 Å². The molecule has 1 N–H and O–H groups in total. The predicted molar refractivity (Wildman–Crippen MR) is 128 cm³/mol. The Hall–Kier alpha value is -3.32. The number of aryl methyl sites for hydroxylation is 1. The van der Waals surface area contributed by atoms with Crippen molar-refractivity contribution in [2.75, 3.05) is 38.1 Å². The molecule has 0 spiro atoms. The second-order valence-corrected chi connectivity index (χ2v) is 8.87. The summed E-state index contributed by atoms with van der Waals surface area (Å²) in [4.78, 5) is 2.41. The summed E-state index contributed by atoms with van der Waals surface area (Å²) < 4.78 is 9.07. The second kappa shape index (κ2) is 8.67. The Bertz CT molecular complexity index is 1280. The number of piperazine rings is 1. The fourth-order valence-electron chi connectivity index (χ4n) is 4.17. The Kier molecular flexibility index (Phi) is 5.57. The number of anilines is 1.